The SMILES string of the molecule is Cc1c(CCN)c2c(C(=O)O)cccc2n1CCCN. The number of aryl methyl sites for hydroxylation is 1. The van der Waals surface area contributed by atoms with Crippen LogP contribution in [0, 0.1) is 6.92 Å². The standard InChI is InChI=1S/C15H21N3O2/c1-10-11(6-8-17)14-12(15(19)20)4-2-5-13(14)18(10)9-3-7-16/h2,4-5H,3,6-9,16-17H2,1H3,(H,19,20). The molecule has 5 heteroatoms. The average molecular weight is 275 g/mol. The van der Waals surface area contributed by atoms with Crippen molar-refractivity contribution in [1.29, 1.82) is 0 Å². The van der Waals surface area contributed by atoms with Crippen molar-refractivity contribution in [3.63, 3.8) is 0 Å². The van der Waals surface area contributed by atoms with Crippen molar-refractivity contribution in [1.82, 2.24) is 4.57 Å². The van der Waals surface area contributed by atoms with Crippen LogP contribution in [-0.4, -0.2) is 28.7 Å². The Kier molecular flexibility index (Phi) is 4.42. The molecule has 1 aromatic heterocycles. The van der Waals surface area contributed by atoms with E-state index in [0.717, 1.165) is 35.1 Å². The molecule has 20 heavy (non-hydrogen) atoms. The Hall–Kier alpha value is -1.85. The predicted molar refractivity (Wildman–Crippen MR) is 80.1 cm³/mol. The summed E-state index contributed by atoms with van der Waals surface area (Å²) in [6.07, 6.45) is 1.55. The molecule has 1 aromatic carbocycles. The summed E-state index contributed by atoms with van der Waals surface area (Å²) in [4.78, 5) is 11.4. The van der Waals surface area contributed by atoms with Gasteiger partial charge in [-0.2, -0.15) is 0 Å². The van der Waals surface area contributed by atoms with Gasteiger partial charge in [0.2, 0.25) is 0 Å². The number of carboxylic acids is 1. The fourth-order valence-corrected chi connectivity index (χ4v) is 2.77. The van der Waals surface area contributed by atoms with Gasteiger partial charge in [0.1, 0.15) is 0 Å². The van der Waals surface area contributed by atoms with Gasteiger partial charge in [0.05, 0.1) is 5.56 Å². The molecule has 0 radical (unpaired) electrons. The normalized spacial score (nSPS) is 11.2. The molecular weight excluding hydrogens is 254 g/mol. The molecule has 0 amide bonds. The number of aromatic carboxylic acids is 1. The molecule has 0 saturated carbocycles. The van der Waals surface area contributed by atoms with Gasteiger partial charge in [-0.3, -0.25) is 0 Å². The molecule has 0 bridgehead atoms. The van der Waals surface area contributed by atoms with Crippen LogP contribution >= 0.6 is 0 Å². The topological polar surface area (TPSA) is 94.3 Å². The fraction of sp³-hybridized carbons (Fsp3) is 0.400. The molecule has 0 atom stereocenters. The van der Waals surface area contributed by atoms with E-state index in [1.807, 2.05) is 13.0 Å². The third kappa shape index (κ3) is 2.42. The first kappa shape index (κ1) is 14.6. The van der Waals surface area contributed by atoms with Gasteiger partial charge in [-0.05, 0) is 50.6 Å². The number of aromatic nitrogens is 1. The molecule has 0 aliphatic carbocycles. The van der Waals surface area contributed by atoms with Crippen LogP contribution in [0.5, 0.6) is 0 Å². The van der Waals surface area contributed by atoms with Crippen molar-refractivity contribution in [2.24, 2.45) is 11.5 Å². The highest BCUT2D eigenvalue weighted by molar-refractivity contribution is 6.05. The second kappa shape index (κ2) is 6.07. The highest BCUT2D eigenvalue weighted by Crippen LogP contribution is 2.29. The molecule has 0 unspecified atom stereocenters. The second-order valence-corrected chi connectivity index (χ2v) is 4.90. The molecule has 0 saturated heterocycles. The minimum absolute atomic E-state index is 0.348. The average Bonchev–Trinajstić information content (AvgIpc) is 2.70. The molecule has 1 heterocycles. The molecular formula is C15H21N3O2. The molecule has 5 N–H and O–H groups in total. The number of rotatable bonds is 6. The van der Waals surface area contributed by atoms with E-state index in [9.17, 15) is 9.90 Å². The van der Waals surface area contributed by atoms with Crippen molar-refractivity contribution >= 4 is 16.9 Å². The Morgan fingerprint density at radius 2 is 2.05 bits per heavy atom. The Morgan fingerprint density at radius 3 is 2.65 bits per heavy atom. The quantitative estimate of drug-likeness (QED) is 0.744. The summed E-state index contributed by atoms with van der Waals surface area (Å²) in [5.41, 5.74) is 14.7. The van der Waals surface area contributed by atoms with Crippen LogP contribution in [0.3, 0.4) is 0 Å². The number of hydrogen-bond acceptors (Lipinski definition) is 3. The van der Waals surface area contributed by atoms with E-state index in [-0.39, 0.29) is 0 Å². The predicted octanol–water partition coefficient (Wildman–Crippen LogP) is 1.50. The Labute approximate surface area is 118 Å². The minimum atomic E-state index is -0.898. The third-order valence-electron chi connectivity index (χ3n) is 3.69. The Bertz CT molecular complexity index is 632. The molecule has 0 spiro atoms. The molecule has 108 valence electrons. The lowest BCUT2D eigenvalue weighted by atomic mass is 10.0. The fourth-order valence-electron chi connectivity index (χ4n) is 2.77. The van der Waals surface area contributed by atoms with Gasteiger partial charge in [-0.15, -0.1) is 0 Å². The van der Waals surface area contributed by atoms with Crippen LogP contribution in [0.2, 0.25) is 0 Å². The summed E-state index contributed by atoms with van der Waals surface area (Å²) >= 11 is 0. The van der Waals surface area contributed by atoms with Gasteiger partial charge in [0, 0.05) is 23.1 Å². The van der Waals surface area contributed by atoms with Crippen LogP contribution in [0.4, 0.5) is 0 Å². The maximum atomic E-state index is 11.4. The molecule has 0 aliphatic rings. The van der Waals surface area contributed by atoms with Crippen molar-refractivity contribution in [2.45, 2.75) is 26.3 Å². The third-order valence-corrected chi connectivity index (χ3v) is 3.69. The number of carboxylic acid groups (broad SMARTS) is 1. The van der Waals surface area contributed by atoms with E-state index in [2.05, 4.69) is 4.57 Å². The zero-order valence-corrected chi connectivity index (χ0v) is 11.7. The number of nitrogens with two attached hydrogens (primary N) is 2. The number of nitrogens with zero attached hydrogens (tertiary/aromatic N) is 1. The van der Waals surface area contributed by atoms with E-state index >= 15 is 0 Å². The van der Waals surface area contributed by atoms with Gasteiger partial charge in [-0.1, -0.05) is 6.07 Å². The lowest BCUT2D eigenvalue weighted by Gasteiger charge is -2.07. The van der Waals surface area contributed by atoms with Gasteiger partial charge in [0.25, 0.3) is 0 Å². The first-order chi connectivity index (χ1) is 9.61. The minimum Gasteiger partial charge on any atom is -0.478 e. The molecule has 2 aromatic rings. The van der Waals surface area contributed by atoms with Crippen LogP contribution < -0.4 is 11.5 Å². The zero-order chi connectivity index (χ0) is 14.7. The number of fused-ring (bicyclic) bond motifs is 1. The van der Waals surface area contributed by atoms with Gasteiger partial charge in [-0.25, -0.2) is 4.79 Å². The molecule has 5 nitrogen and oxygen atoms in total. The zero-order valence-electron chi connectivity index (χ0n) is 11.7. The van der Waals surface area contributed by atoms with Crippen molar-refractivity contribution in [3.8, 4) is 0 Å². The van der Waals surface area contributed by atoms with E-state index in [4.69, 9.17) is 11.5 Å². The first-order valence-electron chi connectivity index (χ1n) is 6.86. The molecule has 2 rings (SSSR count). The highest BCUT2D eigenvalue weighted by atomic mass is 16.4. The van der Waals surface area contributed by atoms with Crippen LogP contribution in [0.25, 0.3) is 10.9 Å². The van der Waals surface area contributed by atoms with Crippen LogP contribution in [0.15, 0.2) is 18.2 Å². The molecule has 0 fully saturated rings. The smallest absolute Gasteiger partial charge is 0.336 e. The van der Waals surface area contributed by atoms with E-state index < -0.39 is 5.97 Å². The Balaban J connectivity index is 2.72. The largest absolute Gasteiger partial charge is 0.478 e. The maximum absolute atomic E-state index is 11.4. The van der Waals surface area contributed by atoms with Crippen LogP contribution in [-0.2, 0) is 13.0 Å². The first-order valence-corrected chi connectivity index (χ1v) is 6.86. The lowest BCUT2D eigenvalue weighted by Crippen LogP contribution is -2.08. The van der Waals surface area contributed by atoms with Crippen LogP contribution in [0.1, 0.15) is 28.0 Å². The van der Waals surface area contributed by atoms with Crippen molar-refractivity contribution in [3.05, 3.63) is 35.0 Å². The number of carbonyl (C=O) groups is 1. The summed E-state index contributed by atoms with van der Waals surface area (Å²) in [5, 5.41) is 10.2. The van der Waals surface area contributed by atoms with E-state index in [1.165, 1.54) is 0 Å². The maximum Gasteiger partial charge on any atom is 0.336 e. The van der Waals surface area contributed by atoms with Crippen molar-refractivity contribution < 1.29 is 9.90 Å². The van der Waals surface area contributed by atoms with E-state index in [0.29, 0.717) is 25.1 Å². The summed E-state index contributed by atoms with van der Waals surface area (Å²) in [6.45, 7) is 3.94. The van der Waals surface area contributed by atoms with Gasteiger partial charge < -0.3 is 21.1 Å². The Morgan fingerprint density at radius 1 is 1.30 bits per heavy atom. The monoisotopic (exact) mass is 275 g/mol. The summed E-state index contributed by atoms with van der Waals surface area (Å²) in [7, 11) is 0. The summed E-state index contributed by atoms with van der Waals surface area (Å²) in [6, 6.07) is 5.40. The lowest BCUT2D eigenvalue weighted by molar-refractivity contribution is 0.0699. The highest BCUT2D eigenvalue weighted by Gasteiger charge is 2.18. The van der Waals surface area contributed by atoms with Gasteiger partial charge >= 0.3 is 5.97 Å². The van der Waals surface area contributed by atoms with Gasteiger partial charge in [0.15, 0.2) is 0 Å². The van der Waals surface area contributed by atoms with Crippen molar-refractivity contribution in [2.75, 3.05) is 13.1 Å². The number of benzene rings is 1. The summed E-state index contributed by atoms with van der Waals surface area (Å²) < 4.78 is 2.15. The number of hydrogen-bond donors (Lipinski definition) is 3. The summed E-state index contributed by atoms with van der Waals surface area (Å²) in [5.74, 6) is -0.898. The second-order valence-electron chi connectivity index (χ2n) is 4.90. The molecule has 0 aliphatic heterocycles. The van der Waals surface area contributed by atoms with E-state index in [1.54, 1.807) is 12.1 Å².